The predicted octanol–water partition coefficient (Wildman–Crippen LogP) is -1.61. The van der Waals surface area contributed by atoms with Gasteiger partial charge in [-0.1, -0.05) is 0 Å². The van der Waals surface area contributed by atoms with Crippen molar-refractivity contribution in [3.05, 3.63) is 0 Å². The lowest BCUT2D eigenvalue weighted by atomic mass is 10.8. The molecular formula is C3H9N3O2. The summed E-state index contributed by atoms with van der Waals surface area (Å²) in [5.74, 6) is -0.265. The highest BCUT2D eigenvalue weighted by molar-refractivity contribution is 5.72. The number of aliphatic hydroxyl groups excluding tert-OH is 1. The van der Waals surface area contributed by atoms with Crippen molar-refractivity contribution in [1.82, 2.24) is 5.48 Å². The Morgan fingerprint density at radius 3 is 2.88 bits per heavy atom. The second-order valence-corrected chi connectivity index (χ2v) is 1.09. The molecule has 0 aliphatic carbocycles. The van der Waals surface area contributed by atoms with E-state index >= 15 is 0 Å². The molecule has 48 valence electrons. The summed E-state index contributed by atoms with van der Waals surface area (Å²) >= 11 is 0. The molecule has 0 heterocycles. The van der Waals surface area contributed by atoms with E-state index in [0.29, 0.717) is 0 Å². The number of hydrogen-bond donors (Lipinski definition) is 4. The first-order chi connectivity index (χ1) is 3.77. The smallest absolute Gasteiger partial charge is 0.210 e. The lowest BCUT2D eigenvalue weighted by Crippen LogP contribution is -2.31. The third kappa shape index (κ3) is 5.19. The maximum Gasteiger partial charge on any atom is 0.210 e. The van der Waals surface area contributed by atoms with E-state index in [1.807, 2.05) is 5.48 Å². The average molecular weight is 119 g/mol. The van der Waals surface area contributed by atoms with Crippen molar-refractivity contribution in [2.75, 3.05) is 13.2 Å². The van der Waals surface area contributed by atoms with Crippen molar-refractivity contribution >= 4 is 5.96 Å². The third-order valence-electron chi connectivity index (χ3n) is 0.375. The predicted molar refractivity (Wildman–Crippen MR) is 28.1 cm³/mol. The largest absolute Gasteiger partial charge is 0.394 e. The van der Waals surface area contributed by atoms with Crippen LogP contribution in [0.2, 0.25) is 0 Å². The Balaban J connectivity index is 2.82. The van der Waals surface area contributed by atoms with Crippen LogP contribution in [0.25, 0.3) is 0 Å². The lowest BCUT2D eigenvalue weighted by molar-refractivity contribution is 0.0522. The highest BCUT2D eigenvalue weighted by Gasteiger charge is 1.82. The molecule has 5 N–H and O–H groups in total. The molecule has 0 radical (unpaired) electrons. The molecule has 0 unspecified atom stereocenters. The summed E-state index contributed by atoms with van der Waals surface area (Å²) < 4.78 is 0. The minimum absolute atomic E-state index is 0.0831. The molecule has 8 heavy (non-hydrogen) atoms. The fraction of sp³-hybridized carbons (Fsp3) is 0.667. The summed E-state index contributed by atoms with van der Waals surface area (Å²) in [5.41, 5.74) is 6.85. The number of nitrogens with two attached hydrogens (primary N) is 1. The van der Waals surface area contributed by atoms with E-state index in [-0.39, 0.29) is 19.2 Å². The number of aliphatic hydroxyl groups is 1. The Morgan fingerprint density at radius 1 is 1.88 bits per heavy atom. The Morgan fingerprint density at radius 2 is 2.50 bits per heavy atom. The van der Waals surface area contributed by atoms with Gasteiger partial charge in [-0.2, -0.15) is 0 Å². The second kappa shape index (κ2) is 4.35. The van der Waals surface area contributed by atoms with Crippen molar-refractivity contribution in [1.29, 1.82) is 5.41 Å². The Bertz CT molecular complexity index is 74.9. The monoisotopic (exact) mass is 119 g/mol. The standard InChI is InChI=1S/C3H9N3O2/c4-3(5)6-8-2-1-7/h7H,1-2H2,(H4,4,5,6). The summed E-state index contributed by atoms with van der Waals surface area (Å²) in [7, 11) is 0. The maximum atomic E-state index is 8.10. The third-order valence-corrected chi connectivity index (χ3v) is 0.375. The van der Waals surface area contributed by atoms with Gasteiger partial charge in [-0.15, -0.1) is 0 Å². The van der Waals surface area contributed by atoms with Crippen molar-refractivity contribution in [2.45, 2.75) is 0 Å². The minimum Gasteiger partial charge on any atom is -0.394 e. The number of guanidine groups is 1. The van der Waals surface area contributed by atoms with E-state index in [4.69, 9.17) is 16.2 Å². The average Bonchev–Trinajstić information content (AvgIpc) is 1.66. The molecule has 0 amide bonds. The molecule has 0 saturated heterocycles. The van der Waals surface area contributed by atoms with Gasteiger partial charge in [0.1, 0.15) is 0 Å². The molecule has 0 aliphatic heterocycles. The summed E-state index contributed by atoms with van der Waals surface area (Å²) in [6, 6.07) is 0. The first kappa shape index (κ1) is 7.19. The summed E-state index contributed by atoms with van der Waals surface area (Å²) in [6.45, 7) is 0.0554. The molecule has 0 aromatic heterocycles. The molecule has 0 saturated carbocycles. The van der Waals surface area contributed by atoms with Crippen molar-refractivity contribution in [3.63, 3.8) is 0 Å². The zero-order valence-corrected chi connectivity index (χ0v) is 4.35. The molecular weight excluding hydrogens is 110 g/mol. The van der Waals surface area contributed by atoms with Crippen LogP contribution in [0.4, 0.5) is 0 Å². The van der Waals surface area contributed by atoms with Crippen LogP contribution in [0.15, 0.2) is 0 Å². The van der Waals surface area contributed by atoms with Gasteiger partial charge in [-0.25, -0.2) is 5.48 Å². The van der Waals surface area contributed by atoms with Crippen LogP contribution in [0.5, 0.6) is 0 Å². The molecule has 5 heteroatoms. The number of rotatable bonds is 3. The SMILES string of the molecule is N=C(N)NOCCO. The summed E-state index contributed by atoms with van der Waals surface area (Å²) in [5, 5.41) is 14.6. The maximum absolute atomic E-state index is 8.10. The molecule has 0 fully saturated rings. The van der Waals surface area contributed by atoms with Gasteiger partial charge in [-0.05, 0) is 0 Å². The van der Waals surface area contributed by atoms with E-state index in [1.165, 1.54) is 0 Å². The van der Waals surface area contributed by atoms with Crippen molar-refractivity contribution in [3.8, 4) is 0 Å². The molecule has 0 aliphatic rings. The van der Waals surface area contributed by atoms with Gasteiger partial charge in [0.15, 0.2) is 0 Å². The summed E-state index contributed by atoms with van der Waals surface area (Å²) in [6.07, 6.45) is 0. The topological polar surface area (TPSA) is 91.4 Å². The fourth-order valence-electron chi connectivity index (χ4n) is 0.174. The van der Waals surface area contributed by atoms with Crippen LogP contribution in [0.3, 0.4) is 0 Å². The van der Waals surface area contributed by atoms with Crippen LogP contribution in [-0.2, 0) is 4.84 Å². The molecule has 0 aromatic rings. The minimum atomic E-state index is -0.265. The molecule has 0 spiro atoms. The van der Waals surface area contributed by atoms with Gasteiger partial charge in [-0.3, -0.25) is 10.2 Å². The normalized spacial score (nSPS) is 8.62. The second-order valence-electron chi connectivity index (χ2n) is 1.09. The van der Waals surface area contributed by atoms with E-state index in [9.17, 15) is 0 Å². The zero-order chi connectivity index (χ0) is 6.41. The molecule has 0 rings (SSSR count). The number of nitrogens with one attached hydrogen (secondary N) is 2. The highest BCUT2D eigenvalue weighted by Crippen LogP contribution is 1.60. The van der Waals surface area contributed by atoms with Crippen LogP contribution in [-0.4, -0.2) is 24.3 Å². The molecule has 0 aromatic carbocycles. The molecule has 0 bridgehead atoms. The zero-order valence-electron chi connectivity index (χ0n) is 4.35. The highest BCUT2D eigenvalue weighted by atomic mass is 16.6. The lowest BCUT2D eigenvalue weighted by Gasteiger charge is -1.99. The quantitative estimate of drug-likeness (QED) is 0.156. The molecule has 0 atom stereocenters. The van der Waals surface area contributed by atoms with Gasteiger partial charge in [0.05, 0.1) is 13.2 Å². The Kier molecular flexibility index (Phi) is 3.91. The fourth-order valence-corrected chi connectivity index (χ4v) is 0.174. The van der Waals surface area contributed by atoms with E-state index in [0.717, 1.165) is 0 Å². The van der Waals surface area contributed by atoms with Crippen LogP contribution < -0.4 is 11.2 Å². The number of hydrogen-bond acceptors (Lipinski definition) is 3. The van der Waals surface area contributed by atoms with Gasteiger partial charge in [0, 0.05) is 0 Å². The first-order valence-corrected chi connectivity index (χ1v) is 2.10. The molecule has 5 nitrogen and oxygen atoms in total. The first-order valence-electron chi connectivity index (χ1n) is 2.10. The van der Waals surface area contributed by atoms with Crippen molar-refractivity contribution in [2.24, 2.45) is 5.73 Å². The Hall–Kier alpha value is -0.810. The van der Waals surface area contributed by atoms with E-state index in [1.54, 1.807) is 0 Å². The van der Waals surface area contributed by atoms with Crippen LogP contribution in [0, 0.1) is 5.41 Å². The van der Waals surface area contributed by atoms with E-state index in [2.05, 4.69) is 4.84 Å². The van der Waals surface area contributed by atoms with Crippen LogP contribution in [0.1, 0.15) is 0 Å². The van der Waals surface area contributed by atoms with Crippen molar-refractivity contribution < 1.29 is 9.94 Å². The van der Waals surface area contributed by atoms with Gasteiger partial charge < -0.3 is 10.8 Å². The van der Waals surface area contributed by atoms with Crippen LogP contribution >= 0.6 is 0 Å². The Labute approximate surface area is 46.9 Å². The van der Waals surface area contributed by atoms with Gasteiger partial charge in [0.2, 0.25) is 5.96 Å². The van der Waals surface area contributed by atoms with Gasteiger partial charge >= 0.3 is 0 Å². The summed E-state index contributed by atoms with van der Waals surface area (Å²) in [4.78, 5) is 4.39. The number of hydroxylamine groups is 1. The van der Waals surface area contributed by atoms with Gasteiger partial charge in [0.25, 0.3) is 0 Å². The van der Waals surface area contributed by atoms with E-state index < -0.39 is 0 Å².